The second-order valence-electron chi connectivity index (χ2n) is 8.29. The summed E-state index contributed by atoms with van der Waals surface area (Å²) in [5.41, 5.74) is 1.40. The van der Waals surface area contributed by atoms with Gasteiger partial charge in [0.2, 0.25) is 0 Å². The molecular formula is C25H35NO4. The Morgan fingerprint density at radius 2 is 1.83 bits per heavy atom. The second-order valence-corrected chi connectivity index (χ2v) is 8.29. The highest BCUT2D eigenvalue weighted by molar-refractivity contribution is 5.94. The first kappa shape index (κ1) is 23.6. The van der Waals surface area contributed by atoms with Crippen LogP contribution in [0.15, 0.2) is 42.5 Å². The third kappa shape index (κ3) is 7.97. The first-order chi connectivity index (χ1) is 14.4. The average molecular weight is 414 g/mol. The summed E-state index contributed by atoms with van der Waals surface area (Å²) in [7, 11) is 0. The molecule has 1 amide bonds. The normalized spacial score (nSPS) is 12.0. The molecule has 0 radical (unpaired) electrons. The van der Waals surface area contributed by atoms with E-state index in [4.69, 9.17) is 4.74 Å². The predicted molar refractivity (Wildman–Crippen MR) is 120 cm³/mol. The first-order valence-electron chi connectivity index (χ1n) is 10.9. The van der Waals surface area contributed by atoms with E-state index in [-0.39, 0.29) is 17.4 Å². The summed E-state index contributed by atoms with van der Waals surface area (Å²) in [4.78, 5) is 12.5. The highest BCUT2D eigenvalue weighted by atomic mass is 16.5. The topological polar surface area (TPSA) is 78.8 Å². The summed E-state index contributed by atoms with van der Waals surface area (Å²) >= 11 is 0. The van der Waals surface area contributed by atoms with Crippen molar-refractivity contribution in [3.05, 3.63) is 53.6 Å². The molecule has 1 unspecified atom stereocenters. The molecule has 1 atom stereocenters. The number of amides is 1. The fraction of sp³-hybridized carbons (Fsp3) is 0.480. The lowest BCUT2D eigenvalue weighted by atomic mass is 9.95. The minimum Gasteiger partial charge on any atom is -0.504 e. The molecule has 2 aromatic carbocycles. The molecule has 2 rings (SSSR count). The Morgan fingerprint density at radius 1 is 1.03 bits per heavy atom. The average Bonchev–Trinajstić information content (AvgIpc) is 2.72. The predicted octanol–water partition coefficient (Wildman–Crippen LogP) is 5.30. The van der Waals surface area contributed by atoms with Gasteiger partial charge in [0.15, 0.2) is 11.5 Å². The van der Waals surface area contributed by atoms with Gasteiger partial charge < -0.3 is 20.3 Å². The quantitative estimate of drug-likeness (QED) is 0.413. The zero-order valence-electron chi connectivity index (χ0n) is 18.4. The highest BCUT2D eigenvalue weighted by Gasteiger charge is 2.12. The van der Waals surface area contributed by atoms with Crippen molar-refractivity contribution in [2.45, 2.75) is 52.9 Å². The van der Waals surface area contributed by atoms with Gasteiger partial charge in [0.25, 0.3) is 5.91 Å². The van der Waals surface area contributed by atoms with Crippen LogP contribution in [0.1, 0.15) is 62.4 Å². The first-order valence-corrected chi connectivity index (χ1v) is 10.9. The van der Waals surface area contributed by atoms with E-state index in [0.29, 0.717) is 37.0 Å². The Hall–Kier alpha value is -2.69. The molecule has 0 aromatic heterocycles. The lowest BCUT2D eigenvalue weighted by molar-refractivity contribution is 0.0953. The molecule has 0 fully saturated rings. The van der Waals surface area contributed by atoms with Crippen molar-refractivity contribution < 1.29 is 19.7 Å². The van der Waals surface area contributed by atoms with E-state index in [9.17, 15) is 15.0 Å². The Morgan fingerprint density at radius 3 is 2.53 bits per heavy atom. The van der Waals surface area contributed by atoms with E-state index in [1.54, 1.807) is 18.2 Å². The number of hydrogen-bond donors (Lipinski definition) is 3. The smallest absolute Gasteiger partial charge is 0.251 e. The largest absolute Gasteiger partial charge is 0.504 e. The molecule has 0 saturated heterocycles. The highest BCUT2D eigenvalue weighted by Crippen LogP contribution is 2.25. The van der Waals surface area contributed by atoms with Crippen LogP contribution in [0.3, 0.4) is 0 Å². The number of hydrogen-bond acceptors (Lipinski definition) is 4. The maximum Gasteiger partial charge on any atom is 0.251 e. The van der Waals surface area contributed by atoms with Crippen LogP contribution in [0, 0.1) is 11.8 Å². The monoisotopic (exact) mass is 413 g/mol. The van der Waals surface area contributed by atoms with Crippen LogP contribution in [-0.2, 0) is 6.42 Å². The minimum atomic E-state index is -0.159. The van der Waals surface area contributed by atoms with Gasteiger partial charge >= 0.3 is 0 Å². The number of ether oxygens (including phenoxy) is 1. The molecular weight excluding hydrogens is 378 g/mol. The zero-order valence-corrected chi connectivity index (χ0v) is 18.4. The Kier molecular flexibility index (Phi) is 9.52. The molecule has 164 valence electrons. The molecule has 0 aliphatic carbocycles. The number of benzene rings is 2. The standard InChI is InChI=1S/C25H35NO4/c1-4-6-20(10-9-18(2)3)17-30-22-8-5-7-21(16-22)25(29)26-14-13-19-11-12-23(27)24(28)15-19/h5,7-8,11-12,15-16,18,20,27-28H,4,6,9-10,13-14,17H2,1-3H3,(H,26,29). The van der Waals surface area contributed by atoms with Gasteiger partial charge in [-0.2, -0.15) is 0 Å². The van der Waals surface area contributed by atoms with Crippen molar-refractivity contribution in [3.8, 4) is 17.2 Å². The number of rotatable bonds is 12. The summed E-state index contributed by atoms with van der Waals surface area (Å²) < 4.78 is 6.01. The van der Waals surface area contributed by atoms with Crippen molar-refractivity contribution in [1.29, 1.82) is 0 Å². The summed E-state index contributed by atoms with van der Waals surface area (Å²) in [6, 6.07) is 12.0. The van der Waals surface area contributed by atoms with E-state index in [1.807, 2.05) is 12.1 Å². The Labute approximate surface area is 180 Å². The molecule has 0 heterocycles. The number of aromatic hydroxyl groups is 2. The van der Waals surface area contributed by atoms with Crippen molar-refractivity contribution in [1.82, 2.24) is 5.32 Å². The molecule has 5 heteroatoms. The summed E-state index contributed by atoms with van der Waals surface area (Å²) in [6.07, 6.45) is 5.23. The molecule has 0 bridgehead atoms. The van der Waals surface area contributed by atoms with E-state index < -0.39 is 0 Å². The van der Waals surface area contributed by atoms with Gasteiger partial charge in [-0.05, 0) is 67.0 Å². The molecule has 5 nitrogen and oxygen atoms in total. The molecule has 0 aliphatic rings. The van der Waals surface area contributed by atoms with E-state index in [0.717, 1.165) is 24.2 Å². The van der Waals surface area contributed by atoms with Crippen LogP contribution in [0.2, 0.25) is 0 Å². The van der Waals surface area contributed by atoms with Crippen LogP contribution in [0.25, 0.3) is 0 Å². The van der Waals surface area contributed by atoms with E-state index in [1.165, 1.54) is 25.0 Å². The lowest BCUT2D eigenvalue weighted by Gasteiger charge is -2.18. The van der Waals surface area contributed by atoms with Gasteiger partial charge in [-0.1, -0.05) is 45.7 Å². The number of phenolic OH excluding ortho intramolecular Hbond substituents is 2. The zero-order chi connectivity index (χ0) is 21.9. The molecule has 2 aromatic rings. The number of phenols is 2. The second kappa shape index (κ2) is 12.1. The van der Waals surface area contributed by atoms with Crippen LogP contribution in [-0.4, -0.2) is 29.3 Å². The molecule has 30 heavy (non-hydrogen) atoms. The molecule has 0 aliphatic heterocycles. The molecule has 0 saturated carbocycles. The lowest BCUT2D eigenvalue weighted by Crippen LogP contribution is -2.25. The van der Waals surface area contributed by atoms with Crippen molar-refractivity contribution in [2.75, 3.05) is 13.2 Å². The summed E-state index contributed by atoms with van der Waals surface area (Å²) in [5, 5.41) is 21.8. The van der Waals surface area contributed by atoms with Gasteiger partial charge in [0.1, 0.15) is 5.75 Å². The Bertz CT molecular complexity index is 803. The third-order valence-electron chi connectivity index (χ3n) is 5.17. The van der Waals surface area contributed by atoms with Gasteiger partial charge in [-0.15, -0.1) is 0 Å². The summed E-state index contributed by atoms with van der Waals surface area (Å²) in [5.74, 6) is 1.49. The maximum atomic E-state index is 12.5. The van der Waals surface area contributed by atoms with Crippen molar-refractivity contribution in [3.63, 3.8) is 0 Å². The minimum absolute atomic E-state index is 0.148. The molecule has 3 N–H and O–H groups in total. The van der Waals surface area contributed by atoms with Crippen LogP contribution < -0.4 is 10.1 Å². The van der Waals surface area contributed by atoms with Gasteiger partial charge in [0.05, 0.1) is 6.61 Å². The summed E-state index contributed by atoms with van der Waals surface area (Å²) in [6.45, 7) is 7.80. The number of carbonyl (C=O) groups is 1. The van der Waals surface area contributed by atoms with Crippen LogP contribution >= 0.6 is 0 Å². The SMILES string of the molecule is CCCC(CCC(C)C)COc1cccc(C(=O)NCCc2ccc(O)c(O)c2)c1. The van der Waals surface area contributed by atoms with Gasteiger partial charge in [-0.25, -0.2) is 0 Å². The maximum absolute atomic E-state index is 12.5. The van der Waals surface area contributed by atoms with Gasteiger partial charge in [0, 0.05) is 12.1 Å². The van der Waals surface area contributed by atoms with Crippen molar-refractivity contribution >= 4 is 5.91 Å². The Balaban J connectivity index is 1.85. The third-order valence-corrected chi connectivity index (χ3v) is 5.17. The number of nitrogens with one attached hydrogen (secondary N) is 1. The fourth-order valence-corrected chi connectivity index (χ4v) is 3.38. The van der Waals surface area contributed by atoms with E-state index in [2.05, 4.69) is 26.1 Å². The molecule has 0 spiro atoms. The van der Waals surface area contributed by atoms with Crippen molar-refractivity contribution in [2.24, 2.45) is 11.8 Å². The van der Waals surface area contributed by atoms with Crippen LogP contribution in [0.4, 0.5) is 0 Å². The fourth-order valence-electron chi connectivity index (χ4n) is 3.38. The van der Waals surface area contributed by atoms with Crippen LogP contribution in [0.5, 0.6) is 17.2 Å². The van der Waals surface area contributed by atoms with E-state index >= 15 is 0 Å². The number of carbonyl (C=O) groups excluding carboxylic acids is 1. The van der Waals surface area contributed by atoms with Gasteiger partial charge in [-0.3, -0.25) is 4.79 Å².